The van der Waals surface area contributed by atoms with Crippen molar-refractivity contribution < 1.29 is 9.53 Å². The van der Waals surface area contributed by atoms with Gasteiger partial charge < -0.3 is 4.74 Å². The van der Waals surface area contributed by atoms with E-state index in [0.29, 0.717) is 11.3 Å². The van der Waals surface area contributed by atoms with Crippen LogP contribution in [0.15, 0.2) is 24.3 Å². The lowest BCUT2D eigenvalue weighted by Gasteiger charge is -2.06. The Hall–Kier alpha value is -1.75. The molecule has 0 aliphatic carbocycles. The van der Waals surface area contributed by atoms with Gasteiger partial charge in [-0.3, -0.25) is 4.79 Å². The zero-order valence-corrected chi connectivity index (χ0v) is 8.28. The normalized spacial score (nSPS) is 9.57. The summed E-state index contributed by atoms with van der Waals surface area (Å²) < 4.78 is 5.08. The van der Waals surface area contributed by atoms with Crippen molar-refractivity contribution in [1.29, 1.82) is 0 Å². The highest BCUT2D eigenvalue weighted by Gasteiger charge is 2.09. The van der Waals surface area contributed by atoms with Gasteiger partial charge in [-0.25, -0.2) is 0 Å². The Kier molecular flexibility index (Phi) is 3.30. The Balaban J connectivity index is 2.78. The molecular formula is C12H12O2. The molecule has 1 aromatic carbocycles. The monoisotopic (exact) mass is 188 g/mol. The van der Waals surface area contributed by atoms with Crippen LogP contribution in [0.5, 0.6) is 5.75 Å². The molecule has 0 aliphatic rings. The molecule has 1 aromatic rings. The van der Waals surface area contributed by atoms with Crippen molar-refractivity contribution in [1.82, 2.24) is 0 Å². The van der Waals surface area contributed by atoms with Crippen molar-refractivity contribution in [3.63, 3.8) is 0 Å². The lowest BCUT2D eigenvalue weighted by molar-refractivity contribution is -0.137. The van der Waals surface area contributed by atoms with Crippen LogP contribution in [0.1, 0.15) is 19.4 Å². The molecular weight excluding hydrogens is 176 g/mol. The summed E-state index contributed by atoms with van der Waals surface area (Å²) in [6.45, 7) is 3.57. The average Bonchev–Trinajstić information content (AvgIpc) is 2.18. The number of carbonyl (C=O) groups excluding carboxylic acids is 1. The first-order chi connectivity index (χ1) is 6.63. The second-order valence-corrected chi connectivity index (χ2v) is 3.25. The molecule has 0 aliphatic heterocycles. The van der Waals surface area contributed by atoms with E-state index in [1.807, 2.05) is 0 Å². The van der Waals surface area contributed by atoms with Crippen molar-refractivity contribution in [3.8, 4) is 18.1 Å². The van der Waals surface area contributed by atoms with E-state index < -0.39 is 0 Å². The molecule has 2 nitrogen and oxygen atoms in total. The minimum Gasteiger partial charge on any atom is -0.426 e. The van der Waals surface area contributed by atoms with E-state index in [9.17, 15) is 4.79 Å². The third-order valence-electron chi connectivity index (χ3n) is 1.69. The highest BCUT2D eigenvalue weighted by molar-refractivity contribution is 5.74. The quantitative estimate of drug-likeness (QED) is 0.404. The van der Waals surface area contributed by atoms with Gasteiger partial charge in [0.1, 0.15) is 5.75 Å². The molecule has 72 valence electrons. The second-order valence-electron chi connectivity index (χ2n) is 3.25. The van der Waals surface area contributed by atoms with Gasteiger partial charge in [0.15, 0.2) is 0 Å². The minimum absolute atomic E-state index is 0.135. The van der Waals surface area contributed by atoms with Gasteiger partial charge in [0.2, 0.25) is 0 Å². The van der Waals surface area contributed by atoms with Gasteiger partial charge >= 0.3 is 5.97 Å². The fourth-order valence-corrected chi connectivity index (χ4v) is 0.883. The first-order valence-corrected chi connectivity index (χ1v) is 4.42. The van der Waals surface area contributed by atoms with Gasteiger partial charge in [-0.15, -0.1) is 6.42 Å². The topological polar surface area (TPSA) is 26.3 Å². The summed E-state index contributed by atoms with van der Waals surface area (Å²) in [5.41, 5.74) is 0.707. The molecule has 0 amide bonds. The van der Waals surface area contributed by atoms with Crippen molar-refractivity contribution in [2.75, 3.05) is 0 Å². The van der Waals surface area contributed by atoms with Gasteiger partial charge in [0, 0.05) is 5.56 Å². The summed E-state index contributed by atoms with van der Waals surface area (Å²) in [4.78, 5) is 11.2. The van der Waals surface area contributed by atoms with Gasteiger partial charge in [-0.2, -0.15) is 0 Å². The van der Waals surface area contributed by atoms with Crippen LogP contribution in [-0.2, 0) is 4.79 Å². The summed E-state index contributed by atoms with van der Waals surface area (Å²) in [7, 11) is 0. The summed E-state index contributed by atoms with van der Waals surface area (Å²) >= 11 is 0. The smallest absolute Gasteiger partial charge is 0.313 e. The zero-order chi connectivity index (χ0) is 10.6. The number of rotatable bonds is 2. The first kappa shape index (κ1) is 10.3. The highest BCUT2D eigenvalue weighted by atomic mass is 16.5. The van der Waals surface area contributed by atoms with E-state index in [4.69, 9.17) is 11.2 Å². The maximum absolute atomic E-state index is 11.2. The molecule has 14 heavy (non-hydrogen) atoms. The van der Waals surface area contributed by atoms with E-state index >= 15 is 0 Å². The van der Waals surface area contributed by atoms with E-state index in [1.165, 1.54) is 0 Å². The number of esters is 1. The van der Waals surface area contributed by atoms with Crippen LogP contribution >= 0.6 is 0 Å². The Bertz CT molecular complexity index is 372. The number of carbonyl (C=O) groups is 1. The molecule has 0 aromatic heterocycles. The Morgan fingerprint density at radius 3 is 2.79 bits per heavy atom. The molecule has 0 unspecified atom stereocenters. The van der Waals surface area contributed by atoms with Crippen LogP contribution in [0.2, 0.25) is 0 Å². The number of ether oxygens (including phenoxy) is 1. The molecule has 0 saturated carbocycles. The molecule has 0 bridgehead atoms. The average molecular weight is 188 g/mol. The standard InChI is InChI=1S/C12H12O2/c1-4-10-6-5-7-11(8-10)14-12(13)9(2)3/h1,5-9H,2-3H3. The van der Waals surface area contributed by atoms with Crippen LogP contribution in [0.4, 0.5) is 0 Å². The Morgan fingerprint density at radius 2 is 2.21 bits per heavy atom. The van der Waals surface area contributed by atoms with E-state index in [-0.39, 0.29) is 11.9 Å². The maximum Gasteiger partial charge on any atom is 0.313 e. The SMILES string of the molecule is C#Cc1cccc(OC(=O)C(C)C)c1. The predicted molar refractivity (Wildman–Crippen MR) is 54.9 cm³/mol. The number of hydrogen-bond donors (Lipinski definition) is 0. The maximum atomic E-state index is 11.2. The third kappa shape index (κ3) is 2.63. The van der Waals surface area contributed by atoms with E-state index in [2.05, 4.69) is 5.92 Å². The molecule has 0 radical (unpaired) electrons. The van der Waals surface area contributed by atoms with E-state index in [0.717, 1.165) is 0 Å². The molecule has 2 heteroatoms. The molecule has 0 atom stereocenters. The Morgan fingerprint density at radius 1 is 1.50 bits per heavy atom. The molecule has 0 saturated heterocycles. The lowest BCUT2D eigenvalue weighted by Crippen LogP contribution is -2.14. The van der Waals surface area contributed by atoms with Gasteiger partial charge in [0.25, 0.3) is 0 Å². The molecule has 0 N–H and O–H groups in total. The van der Waals surface area contributed by atoms with Crippen molar-refractivity contribution in [3.05, 3.63) is 29.8 Å². The van der Waals surface area contributed by atoms with Crippen LogP contribution in [0.25, 0.3) is 0 Å². The minimum atomic E-state index is -0.251. The fraction of sp³-hybridized carbons (Fsp3) is 0.250. The summed E-state index contributed by atoms with van der Waals surface area (Å²) in [5, 5.41) is 0. The summed E-state index contributed by atoms with van der Waals surface area (Å²) in [6, 6.07) is 6.92. The highest BCUT2D eigenvalue weighted by Crippen LogP contribution is 2.14. The second kappa shape index (κ2) is 4.48. The van der Waals surface area contributed by atoms with Crippen molar-refractivity contribution in [2.24, 2.45) is 5.92 Å². The predicted octanol–water partition coefficient (Wildman–Crippen LogP) is 2.23. The molecule has 0 heterocycles. The van der Waals surface area contributed by atoms with E-state index in [1.54, 1.807) is 38.1 Å². The largest absolute Gasteiger partial charge is 0.426 e. The fourth-order valence-electron chi connectivity index (χ4n) is 0.883. The van der Waals surface area contributed by atoms with Crippen molar-refractivity contribution >= 4 is 5.97 Å². The van der Waals surface area contributed by atoms with Gasteiger partial charge in [0.05, 0.1) is 5.92 Å². The third-order valence-corrected chi connectivity index (χ3v) is 1.69. The van der Waals surface area contributed by atoms with Gasteiger partial charge in [-0.1, -0.05) is 25.8 Å². The number of hydrogen-bond acceptors (Lipinski definition) is 2. The molecule has 1 rings (SSSR count). The van der Waals surface area contributed by atoms with Crippen molar-refractivity contribution in [2.45, 2.75) is 13.8 Å². The molecule has 0 spiro atoms. The zero-order valence-electron chi connectivity index (χ0n) is 8.28. The number of terminal acetylenes is 1. The van der Waals surface area contributed by atoms with Crippen LogP contribution in [-0.4, -0.2) is 5.97 Å². The first-order valence-electron chi connectivity index (χ1n) is 4.42. The Labute approximate surface area is 83.9 Å². The van der Waals surface area contributed by atoms with Crippen LogP contribution in [0.3, 0.4) is 0 Å². The molecule has 0 fully saturated rings. The summed E-state index contributed by atoms with van der Waals surface area (Å²) in [6.07, 6.45) is 5.22. The lowest BCUT2D eigenvalue weighted by atomic mass is 10.2. The number of benzene rings is 1. The van der Waals surface area contributed by atoms with Crippen LogP contribution in [0, 0.1) is 18.3 Å². The summed E-state index contributed by atoms with van der Waals surface area (Å²) in [5.74, 6) is 2.59. The van der Waals surface area contributed by atoms with Gasteiger partial charge in [-0.05, 0) is 18.2 Å². The van der Waals surface area contributed by atoms with Crippen LogP contribution < -0.4 is 4.74 Å².